The normalized spacial score (nSPS) is 12.9. The fourth-order valence-corrected chi connectivity index (χ4v) is 3.91. The highest BCUT2D eigenvalue weighted by atomic mass is 16.5. The number of rotatable bonds is 8. The molecule has 1 heterocycles. The lowest BCUT2D eigenvalue weighted by Gasteiger charge is -2.14. The van der Waals surface area contributed by atoms with Gasteiger partial charge in [0, 0.05) is 18.9 Å². The zero-order valence-electron chi connectivity index (χ0n) is 18.1. The number of pyridine rings is 1. The standard InChI is InChI=1S/C25H23N3O6/c29-21(24(31)32)12-13-26-23(30)20-10-5-11-22(27-20)28-25(33)34-14-19-17-8-3-1-6-15(17)16-7-2-4-9-18(16)19/h1-11,19,21,29H,12-14H2,(H,26,30)(H,31,32)(H,27,28,33). The van der Waals surface area contributed by atoms with E-state index in [0.29, 0.717) is 0 Å². The Kier molecular flexibility index (Phi) is 6.84. The van der Waals surface area contributed by atoms with Gasteiger partial charge in [0.2, 0.25) is 0 Å². The van der Waals surface area contributed by atoms with Crippen molar-refractivity contribution in [3.8, 4) is 11.1 Å². The van der Waals surface area contributed by atoms with Gasteiger partial charge in [-0.1, -0.05) is 54.6 Å². The summed E-state index contributed by atoms with van der Waals surface area (Å²) in [5.41, 5.74) is 4.48. The van der Waals surface area contributed by atoms with Crippen molar-refractivity contribution < 1.29 is 29.3 Å². The summed E-state index contributed by atoms with van der Waals surface area (Å²) in [5.74, 6) is -1.87. The van der Waals surface area contributed by atoms with Gasteiger partial charge in [0.15, 0.2) is 6.10 Å². The van der Waals surface area contributed by atoms with Crippen LogP contribution in [0.15, 0.2) is 66.7 Å². The van der Waals surface area contributed by atoms with Crippen molar-refractivity contribution in [1.82, 2.24) is 10.3 Å². The highest BCUT2D eigenvalue weighted by molar-refractivity contribution is 5.93. The van der Waals surface area contributed by atoms with E-state index in [1.54, 1.807) is 6.07 Å². The first-order chi connectivity index (χ1) is 16.4. The second kappa shape index (κ2) is 10.1. The molecule has 2 aromatic carbocycles. The summed E-state index contributed by atoms with van der Waals surface area (Å²) in [5, 5.41) is 22.9. The number of aliphatic carboxylic acids is 1. The highest BCUT2D eigenvalue weighted by Crippen LogP contribution is 2.44. The van der Waals surface area contributed by atoms with Gasteiger partial charge in [-0.3, -0.25) is 10.1 Å². The molecule has 9 nitrogen and oxygen atoms in total. The minimum Gasteiger partial charge on any atom is -0.479 e. The second-order valence-corrected chi connectivity index (χ2v) is 7.76. The van der Waals surface area contributed by atoms with E-state index in [-0.39, 0.29) is 37.0 Å². The Bertz CT molecular complexity index is 1180. The van der Waals surface area contributed by atoms with Gasteiger partial charge < -0.3 is 20.3 Å². The third-order valence-corrected chi connectivity index (χ3v) is 5.54. The van der Waals surface area contributed by atoms with E-state index in [2.05, 4.69) is 27.8 Å². The predicted molar refractivity (Wildman–Crippen MR) is 124 cm³/mol. The van der Waals surface area contributed by atoms with Gasteiger partial charge in [-0.05, 0) is 34.4 Å². The molecule has 0 saturated carbocycles. The van der Waals surface area contributed by atoms with E-state index >= 15 is 0 Å². The lowest BCUT2D eigenvalue weighted by atomic mass is 9.98. The fourth-order valence-electron chi connectivity index (χ4n) is 3.91. The largest absolute Gasteiger partial charge is 0.479 e. The Morgan fingerprint density at radius 2 is 1.59 bits per heavy atom. The number of aliphatic hydroxyl groups excluding tert-OH is 1. The van der Waals surface area contributed by atoms with Crippen molar-refractivity contribution >= 4 is 23.8 Å². The number of carboxylic acid groups (broad SMARTS) is 1. The third-order valence-electron chi connectivity index (χ3n) is 5.54. The van der Waals surface area contributed by atoms with E-state index in [0.717, 1.165) is 22.3 Å². The van der Waals surface area contributed by atoms with E-state index in [9.17, 15) is 19.5 Å². The molecule has 1 atom stereocenters. The third kappa shape index (κ3) is 5.05. The molecule has 2 amide bonds. The summed E-state index contributed by atoms with van der Waals surface area (Å²) in [6, 6.07) is 20.6. The summed E-state index contributed by atoms with van der Waals surface area (Å²) < 4.78 is 5.48. The molecule has 4 rings (SSSR count). The number of anilines is 1. The molecule has 3 aromatic rings. The Morgan fingerprint density at radius 3 is 2.24 bits per heavy atom. The zero-order chi connectivity index (χ0) is 24.1. The summed E-state index contributed by atoms with van der Waals surface area (Å²) in [7, 11) is 0. The Morgan fingerprint density at radius 1 is 0.941 bits per heavy atom. The average molecular weight is 461 g/mol. The number of fused-ring (bicyclic) bond motifs is 3. The molecule has 34 heavy (non-hydrogen) atoms. The molecule has 1 aromatic heterocycles. The molecule has 174 valence electrons. The molecule has 0 spiro atoms. The number of carbonyl (C=O) groups is 3. The van der Waals surface area contributed by atoms with Crippen LogP contribution >= 0.6 is 0 Å². The number of aliphatic hydroxyl groups is 1. The van der Waals surface area contributed by atoms with Crippen molar-refractivity contribution in [3.05, 3.63) is 83.6 Å². The monoisotopic (exact) mass is 461 g/mol. The maximum atomic E-state index is 12.4. The van der Waals surface area contributed by atoms with Gasteiger partial charge in [0.05, 0.1) is 0 Å². The molecule has 9 heteroatoms. The first-order valence-electron chi connectivity index (χ1n) is 10.7. The van der Waals surface area contributed by atoms with Gasteiger partial charge in [0.1, 0.15) is 18.1 Å². The molecule has 0 radical (unpaired) electrons. The minimum absolute atomic E-state index is 0.0289. The first-order valence-corrected chi connectivity index (χ1v) is 10.7. The van der Waals surface area contributed by atoms with E-state index in [4.69, 9.17) is 9.84 Å². The Labute approximate surface area is 195 Å². The molecule has 0 bridgehead atoms. The van der Waals surface area contributed by atoms with Crippen LogP contribution in [0.1, 0.15) is 34.0 Å². The summed E-state index contributed by atoms with van der Waals surface area (Å²) in [6.45, 7) is 0.101. The summed E-state index contributed by atoms with van der Waals surface area (Å²) in [6.07, 6.45) is -2.40. The smallest absolute Gasteiger partial charge is 0.412 e. The average Bonchev–Trinajstić information content (AvgIpc) is 3.16. The molecule has 1 aliphatic rings. The fraction of sp³-hybridized carbons (Fsp3) is 0.200. The van der Waals surface area contributed by atoms with E-state index in [1.807, 2.05) is 36.4 Å². The van der Waals surface area contributed by atoms with Crippen LogP contribution in [0.25, 0.3) is 11.1 Å². The van der Waals surface area contributed by atoms with E-state index in [1.165, 1.54) is 12.1 Å². The molecule has 0 fully saturated rings. The minimum atomic E-state index is -1.56. The molecule has 4 N–H and O–H groups in total. The first kappa shape index (κ1) is 22.9. The van der Waals surface area contributed by atoms with Gasteiger partial charge in [-0.2, -0.15) is 0 Å². The molecule has 0 saturated heterocycles. The zero-order valence-corrected chi connectivity index (χ0v) is 18.1. The van der Waals surface area contributed by atoms with Gasteiger partial charge in [0.25, 0.3) is 5.91 Å². The van der Waals surface area contributed by atoms with Crippen LogP contribution in [0.3, 0.4) is 0 Å². The molecule has 1 aliphatic carbocycles. The highest BCUT2D eigenvalue weighted by Gasteiger charge is 2.29. The topological polar surface area (TPSA) is 138 Å². The van der Waals surface area contributed by atoms with Crippen molar-refractivity contribution in [3.63, 3.8) is 0 Å². The number of benzene rings is 2. The maximum absolute atomic E-state index is 12.4. The molecular weight excluding hydrogens is 438 g/mol. The van der Waals surface area contributed by atoms with Crippen LogP contribution in [0, 0.1) is 0 Å². The number of carboxylic acids is 1. The van der Waals surface area contributed by atoms with Crippen LogP contribution in [0.2, 0.25) is 0 Å². The lowest BCUT2D eigenvalue weighted by Crippen LogP contribution is -2.30. The Balaban J connectivity index is 1.34. The van der Waals surface area contributed by atoms with Gasteiger partial charge >= 0.3 is 12.1 Å². The number of amides is 2. The lowest BCUT2D eigenvalue weighted by molar-refractivity contribution is -0.146. The quantitative estimate of drug-likeness (QED) is 0.405. The number of hydrogen-bond acceptors (Lipinski definition) is 6. The van der Waals surface area contributed by atoms with Crippen LogP contribution in [0.4, 0.5) is 10.6 Å². The van der Waals surface area contributed by atoms with Crippen LogP contribution in [-0.2, 0) is 9.53 Å². The number of hydrogen-bond donors (Lipinski definition) is 4. The van der Waals surface area contributed by atoms with Crippen LogP contribution < -0.4 is 10.6 Å². The maximum Gasteiger partial charge on any atom is 0.412 e. The number of carbonyl (C=O) groups excluding carboxylic acids is 2. The van der Waals surface area contributed by atoms with Crippen molar-refractivity contribution in [2.24, 2.45) is 0 Å². The van der Waals surface area contributed by atoms with Crippen LogP contribution in [0.5, 0.6) is 0 Å². The molecule has 0 aliphatic heterocycles. The second-order valence-electron chi connectivity index (χ2n) is 7.76. The Hall–Kier alpha value is -4.24. The van der Waals surface area contributed by atoms with Crippen molar-refractivity contribution in [1.29, 1.82) is 0 Å². The number of nitrogens with one attached hydrogen (secondary N) is 2. The number of ether oxygens (including phenoxy) is 1. The molecule has 1 unspecified atom stereocenters. The van der Waals surface area contributed by atoms with Gasteiger partial charge in [-0.25, -0.2) is 14.6 Å². The number of nitrogens with zero attached hydrogens (tertiary/aromatic N) is 1. The number of aromatic nitrogens is 1. The summed E-state index contributed by atoms with van der Waals surface area (Å²) in [4.78, 5) is 39.4. The van der Waals surface area contributed by atoms with Crippen LogP contribution in [-0.4, -0.2) is 52.4 Å². The SMILES string of the molecule is O=C(Nc1cccc(C(=O)NCCC(O)C(=O)O)n1)OCC1c2ccccc2-c2ccccc21. The van der Waals surface area contributed by atoms with Crippen molar-refractivity contribution in [2.75, 3.05) is 18.5 Å². The van der Waals surface area contributed by atoms with E-state index < -0.39 is 24.1 Å². The predicted octanol–water partition coefficient (Wildman–Crippen LogP) is 3.01. The van der Waals surface area contributed by atoms with Crippen molar-refractivity contribution in [2.45, 2.75) is 18.4 Å². The summed E-state index contributed by atoms with van der Waals surface area (Å²) >= 11 is 0. The van der Waals surface area contributed by atoms with Gasteiger partial charge in [-0.15, -0.1) is 0 Å². The molecular formula is C25H23N3O6.